The van der Waals surface area contributed by atoms with Gasteiger partial charge in [0.05, 0.1) is 4.90 Å². The first-order chi connectivity index (χ1) is 16.4. The average molecular weight is 494 g/mol. The highest BCUT2D eigenvalue weighted by molar-refractivity contribution is 7.92. The summed E-state index contributed by atoms with van der Waals surface area (Å²) in [5, 5.41) is 0. The Morgan fingerprint density at radius 3 is 1.51 bits per heavy atom. The fourth-order valence-corrected chi connectivity index (χ4v) is 4.21. The number of amides is 2. The second-order valence-electron chi connectivity index (χ2n) is 9.00. The molecule has 0 spiro atoms. The molecule has 0 atom stereocenters. The molecule has 8 nitrogen and oxygen atoms in total. The monoisotopic (exact) mass is 493 g/mol. The van der Waals surface area contributed by atoms with Crippen LogP contribution in [0.3, 0.4) is 0 Å². The highest BCUT2D eigenvalue weighted by atomic mass is 32.2. The molecule has 0 aliphatic heterocycles. The van der Waals surface area contributed by atoms with Crippen molar-refractivity contribution in [1.82, 2.24) is 10.9 Å². The third-order valence-electron chi connectivity index (χ3n) is 5.27. The van der Waals surface area contributed by atoms with Crippen molar-refractivity contribution in [3.63, 3.8) is 0 Å². The van der Waals surface area contributed by atoms with Crippen molar-refractivity contribution in [2.45, 2.75) is 38.0 Å². The number of sulfonamides is 1. The summed E-state index contributed by atoms with van der Waals surface area (Å²) in [6, 6.07) is 18.4. The Kier molecular flexibility index (Phi) is 7.40. The third-order valence-corrected chi connectivity index (χ3v) is 6.67. The fraction of sp³-hybridized carbons (Fsp3) is 0.192. The molecule has 0 aliphatic carbocycles. The lowest BCUT2D eigenvalue weighted by atomic mass is 9.87. The second kappa shape index (κ2) is 10.1. The SMILES string of the molecule is CC(=O)c1ccc(S(=O)(=O)Nc2ccc(C(=O)NNC(=O)c3ccc(C(C)(C)C)cc3)cc2)cc1. The third kappa shape index (κ3) is 6.54. The van der Waals surface area contributed by atoms with Crippen LogP contribution in [0.15, 0.2) is 77.7 Å². The molecule has 0 unspecified atom stereocenters. The van der Waals surface area contributed by atoms with Crippen molar-refractivity contribution >= 4 is 33.3 Å². The molecule has 0 bridgehead atoms. The van der Waals surface area contributed by atoms with Crippen molar-refractivity contribution in [1.29, 1.82) is 0 Å². The van der Waals surface area contributed by atoms with Gasteiger partial charge in [-0.3, -0.25) is 30.0 Å². The van der Waals surface area contributed by atoms with Crippen molar-refractivity contribution in [3.8, 4) is 0 Å². The van der Waals surface area contributed by atoms with Crippen LogP contribution in [0.2, 0.25) is 0 Å². The standard InChI is InChI=1S/C26H27N3O5S/c1-17(30)18-9-15-23(16-10-18)35(33,34)29-22-13-7-20(8-14-22)25(32)28-27-24(31)19-5-11-21(12-6-19)26(2,3)4/h5-16,29H,1-4H3,(H,27,31)(H,28,32). The summed E-state index contributed by atoms with van der Waals surface area (Å²) in [7, 11) is -3.87. The van der Waals surface area contributed by atoms with E-state index in [1.165, 1.54) is 55.5 Å². The van der Waals surface area contributed by atoms with Crippen molar-refractivity contribution in [2.75, 3.05) is 4.72 Å². The number of rotatable bonds is 6. The molecule has 182 valence electrons. The second-order valence-corrected chi connectivity index (χ2v) is 10.7. The summed E-state index contributed by atoms with van der Waals surface area (Å²) in [6.45, 7) is 7.62. The van der Waals surface area contributed by atoms with E-state index in [-0.39, 0.29) is 27.3 Å². The zero-order valence-electron chi connectivity index (χ0n) is 19.9. The van der Waals surface area contributed by atoms with Gasteiger partial charge in [0, 0.05) is 22.4 Å². The number of Topliss-reactive ketones (excluding diaryl/α,β-unsaturated/α-hetero) is 1. The van der Waals surface area contributed by atoms with Crippen LogP contribution in [0.25, 0.3) is 0 Å². The molecule has 35 heavy (non-hydrogen) atoms. The van der Waals surface area contributed by atoms with Gasteiger partial charge in [-0.1, -0.05) is 45.0 Å². The number of anilines is 1. The van der Waals surface area contributed by atoms with E-state index in [4.69, 9.17) is 0 Å². The molecule has 3 aromatic rings. The van der Waals surface area contributed by atoms with Gasteiger partial charge < -0.3 is 0 Å². The molecule has 0 radical (unpaired) electrons. The molecular formula is C26H27N3O5S. The molecule has 3 aromatic carbocycles. The number of ketones is 1. The Morgan fingerprint density at radius 1 is 0.657 bits per heavy atom. The Hall–Kier alpha value is -3.98. The number of carbonyl (C=O) groups excluding carboxylic acids is 3. The maximum Gasteiger partial charge on any atom is 0.269 e. The smallest absolute Gasteiger partial charge is 0.269 e. The normalized spacial score (nSPS) is 11.4. The first-order valence-electron chi connectivity index (χ1n) is 10.8. The van der Waals surface area contributed by atoms with Gasteiger partial charge in [0.25, 0.3) is 21.8 Å². The van der Waals surface area contributed by atoms with E-state index >= 15 is 0 Å². The van der Waals surface area contributed by atoms with E-state index in [1.807, 2.05) is 12.1 Å². The maximum atomic E-state index is 12.6. The Morgan fingerprint density at radius 2 is 1.09 bits per heavy atom. The van der Waals surface area contributed by atoms with Crippen LogP contribution >= 0.6 is 0 Å². The summed E-state index contributed by atoms with van der Waals surface area (Å²) in [5.41, 5.74) is 7.05. The number of hydrazine groups is 1. The van der Waals surface area contributed by atoms with Crippen molar-refractivity contribution < 1.29 is 22.8 Å². The number of carbonyl (C=O) groups is 3. The van der Waals surface area contributed by atoms with Crippen molar-refractivity contribution in [2.24, 2.45) is 0 Å². The van der Waals surface area contributed by atoms with E-state index in [0.29, 0.717) is 11.1 Å². The van der Waals surface area contributed by atoms with Crippen LogP contribution < -0.4 is 15.6 Å². The largest absolute Gasteiger partial charge is 0.295 e. The molecule has 0 heterocycles. The molecule has 3 N–H and O–H groups in total. The molecule has 0 aromatic heterocycles. The summed E-state index contributed by atoms with van der Waals surface area (Å²) >= 11 is 0. The Balaban J connectivity index is 1.59. The van der Waals surface area contributed by atoms with E-state index in [9.17, 15) is 22.8 Å². The van der Waals surface area contributed by atoms with Crippen LogP contribution in [0.4, 0.5) is 5.69 Å². The fourth-order valence-electron chi connectivity index (χ4n) is 3.15. The number of hydrogen-bond donors (Lipinski definition) is 3. The van der Waals surface area contributed by atoms with E-state index in [0.717, 1.165) is 5.56 Å². The average Bonchev–Trinajstić information content (AvgIpc) is 2.82. The van der Waals surface area contributed by atoms with Crippen LogP contribution in [-0.2, 0) is 15.4 Å². The Bertz CT molecular complexity index is 1340. The lowest BCUT2D eigenvalue weighted by molar-refractivity contribution is 0.0846. The summed E-state index contributed by atoms with van der Waals surface area (Å²) in [4.78, 5) is 36.1. The molecule has 0 fully saturated rings. The van der Waals surface area contributed by atoms with Crippen LogP contribution in [0, 0.1) is 0 Å². The van der Waals surface area contributed by atoms with Gasteiger partial charge in [-0.05, 0) is 66.4 Å². The molecule has 0 saturated carbocycles. The maximum absolute atomic E-state index is 12.6. The summed E-state index contributed by atoms with van der Waals surface area (Å²) < 4.78 is 27.6. The lowest BCUT2D eigenvalue weighted by Crippen LogP contribution is -2.41. The predicted molar refractivity (Wildman–Crippen MR) is 134 cm³/mol. The zero-order chi connectivity index (χ0) is 25.8. The minimum atomic E-state index is -3.87. The van der Waals surface area contributed by atoms with Gasteiger partial charge in [-0.2, -0.15) is 0 Å². The van der Waals surface area contributed by atoms with Crippen LogP contribution in [-0.4, -0.2) is 26.0 Å². The summed E-state index contributed by atoms with van der Waals surface area (Å²) in [5.74, 6) is -1.18. The van der Waals surface area contributed by atoms with Crippen molar-refractivity contribution in [3.05, 3.63) is 95.1 Å². The molecule has 0 saturated heterocycles. The van der Waals surface area contributed by atoms with E-state index in [1.54, 1.807) is 12.1 Å². The highest BCUT2D eigenvalue weighted by Gasteiger charge is 2.16. The molecule has 0 aliphatic rings. The van der Waals surface area contributed by atoms with Gasteiger partial charge in [-0.15, -0.1) is 0 Å². The van der Waals surface area contributed by atoms with Gasteiger partial charge in [0.15, 0.2) is 5.78 Å². The first-order valence-corrected chi connectivity index (χ1v) is 12.3. The Labute approximate surface area is 204 Å². The number of hydrogen-bond acceptors (Lipinski definition) is 5. The van der Waals surface area contributed by atoms with E-state index < -0.39 is 21.8 Å². The number of nitrogens with one attached hydrogen (secondary N) is 3. The lowest BCUT2D eigenvalue weighted by Gasteiger charge is -2.19. The minimum absolute atomic E-state index is 0.00237. The molecular weight excluding hydrogens is 466 g/mol. The number of benzene rings is 3. The minimum Gasteiger partial charge on any atom is -0.295 e. The summed E-state index contributed by atoms with van der Waals surface area (Å²) in [6.07, 6.45) is 0. The topological polar surface area (TPSA) is 121 Å². The molecule has 2 amide bonds. The van der Waals surface area contributed by atoms with Gasteiger partial charge in [-0.25, -0.2) is 8.42 Å². The van der Waals surface area contributed by atoms with Gasteiger partial charge >= 0.3 is 0 Å². The van der Waals surface area contributed by atoms with E-state index in [2.05, 4.69) is 36.3 Å². The molecule has 3 rings (SSSR count). The van der Waals surface area contributed by atoms with Crippen LogP contribution in [0.1, 0.15) is 64.3 Å². The zero-order valence-corrected chi connectivity index (χ0v) is 20.7. The first kappa shape index (κ1) is 25.6. The quantitative estimate of drug-likeness (QED) is 0.353. The predicted octanol–water partition coefficient (Wildman–Crippen LogP) is 4.06. The molecule has 9 heteroatoms. The van der Waals surface area contributed by atoms with Crippen LogP contribution in [0.5, 0.6) is 0 Å². The highest BCUT2D eigenvalue weighted by Crippen LogP contribution is 2.22. The van der Waals surface area contributed by atoms with Gasteiger partial charge in [0.2, 0.25) is 0 Å². The van der Waals surface area contributed by atoms with Gasteiger partial charge in [0.1, 0.15) is 0 Å².